The first kappa shape index (κ1) is 13.1. The molecule has 0 aliphatic heterocycles. The van der Waals surface area contributed by atoms with E-state index in [1.165, 1.54) is 0 Å². The predicted molar refractivity (Wildman–Crippen MR) is 77.4 cm³/mol. The van der Waals surface area contributed by atoms with Gasteiger partial charge in [-0.1, -0.05) is 60.7 Å². The van der Waals surface area contributed by atoms with Crippen molar-refractivity contribution in [3.8, 4) is 0 Å². The third-order valence-electron chi connectivity index (χ3n) is 2.69. The van der Waals surface area contributed by atoms with Gasteiger partial charge >= 0.3 is 5.97 Å². The summed E-state index contributed by atoms with van der Waals surface area (Å²) < 4.78 is 5.12. The largest absolute Gasteiger partial charge is 0.462 e. The lowest BCUT2D eigenvalue weighted by molar-refractivity contribution is -0.136. The van der Waals surface area contributed by atoms with E-state index in [2.05, 4.69) is 0 Å². The fourth-order valence-electron chi connectivity index (χ4n) is 1.80. The number of carbonyl (C=O) groups is 1. The van der Waals surface area contributed by atoms with Crippen LogP contribution < -0.4 is 0 Å². The van der Waals surface area contributed by atoms with Gasteiger partial charge in [0, 0.05) is 0 Å². The van der Waals surface area contributed by atoms with E-state index in [0.29, 0.717) is 12.2 Å². The topological polar surface area (TPSA) is 26.3 Å². The van der Waals surface area contributed by atoms with Crippen molar-refractivity contribution in [3.05, 3.63) is 71.8 Å². The van der Waals surface area contributed by atoms with Crippen LogP contribution in [0.15, 0.2) is 60.7 Å². The van der Waals surface area contributed by atoms with Gasteiger partial charge in [0.15, 0.2) is 0 Å². The van der Waals surface area contributed by atoms with Gasteiger partial charge in [0.1, 0.15) is 0 Å². The highest BCUT2D eigenvalue weighted by Crippen LogP contribution is 2.19. The van der Waals surface area contributed by atoms with Crippen LogP contribution in [0.25, 0.3) is 11.6 Å². The zero-order valence-corrected chi connectivity index (χ0v) is 10.9. The summed E-state index contributed by atoms with van der Waals surface area (Å²) in [6.45, 7) is 2.18. The first-order valence-electron chi connectivity index (χ1n) is 6.30. The molecule has 2 aromatic rings. The molecule has 0 amide bonds. The van der Waals surface area contributed by atoms with Gasteiger partial charge in [-0.3, -0.25) is 0 Å². The van der Waals surface area contributed by atoms with Gasteiger partial charge in [-0.15, -0.1) is 0 Å². The molecule has 2 aromatic carbocycles. The summed E-state index contributed by atoms with van der Waals surface area (Å²) in [7, 11) is 0. The maximum atomic E-state index is 12.1. The van der Waals surface area contributed by atoms with Gasteiger partial charge in [0.05, 0.1) is 12.2 Å². The van der Waals surface area contributed by atoms with E-state index in [-0.39, 0.29) is 5.97 Å². The molecule has 0 atom stereocenters. The van der Waals surface area contributed by atoms with E-state index in [1.54, 1.807) is 0 Å². The van der Waals surface area contributed by atoms with Crippen LogP contribution in [0.4, 0.5) is 0 Å². The molecule has 96 valence electrons. The standard InChI is InChI=1S/C17H16O2/c1-2-19-17(18)16(15-11-7-4-8-12-15)13-14-9-5-3-6-10-14/h3-13H,2H2,1H3/b16-13+. The second-order valence-electron chi connectivity index (χ2n) is 4.06. The molecule has 0 aliphatic rings. The summed E-state index contributed by atoms with van der Waals surface area (Å²) >= 11 is 0. The number of carbonyl (C=O) groups excluding carboxylic acids is 1. The summed E-state index contributed by atoms with van der Waals surface area (Å²) in [5.74, 6) is -0.294. The van der Waals surface area contributed by atoms with Crippen molar-refractivity contribution in [1.82, 2.24) is 0 Å². The second-order valence-corrected chi connectivity index (χ2v) is 4.06. The molecule has 0 aromatic heterocycles. The van der Waals surface area contributed by atoms with E-state index in [9.17, 15) is 4.79 Å². The van der Waals surface area contributed by atoms with Crippen molar-refractivity contribution >= 4 is 17.6 Å². The van der Waals surface area contributed by atoms with Crippen LogP contribution in [0.1, 0.15) is 18.1 Å². The Bertz CT molecular complexity index is 556. The quantitative estimate of drug-likeness (QED) is 0.470. The van der Waals surface area contributed by atoms with Crippen LogP contribution in [0, 0.1) is 0 Å². The predicted octanol–water partition coefficient (Wildman–Crippen LogP) is 3.79. The zero-order chi connectivity index (χ0) is 13.5. The van der Waals surface area contributed by atoms with E-state index < -0.39 is 0 Å². The van der Waals surface area contributed by atoms with E-state index in [1.807, 2.05) is 73.7 Å². The van der Waals surface area contributed by atoms with Gasteiger partial charge in [0.25, 0.3) is 0 Å². The highest BCUT2D eigenvalue weighted by atomic mass is 16.5. The normalized spacial score (nSPS) is 11.1. The van der Waals surface area contributed by atoms with Crippen molar-refractivity contribution < 1.29 is 9.53 Å². The fraction of sp³-hybridized carbons (Fsp3) is 0.118. The Balaban J connectivity index is 2.41. The number of esters is 1. The summed E-state index contributed by atoms with van der Waals surface area (Å²) in [5.41, 5.74) is 2.42. The third-order valence-corrected chi connectivity index (χ3v) is 2.69. The summed E-state index contributed by atoms with van der Waals surface area (Å²) in [6, 6.07) is 19.3. The van der Waals surface area contributed by atoms with Crippen LogP contribution in [0.3, 0.4) is 0 Å². The highest BCUT2D eigenvalue weighted by Gasteiger charge is 2.12. The number of hydrogen-bond donors (Lipinski definition) is 0. The first-order chi connectivity index (χ1) is 9.31. The summed E-state index contributed by atoms with van der Waals surface area (Å²) in [4.78, 5) is 12.1. The molecule has 0 saturated heterocycles. The zero-order valence-electron chi connectivity index (χ0n) is 10.9. The molecule has 2 nitrogen and oxygen atoms in total. The molecule has 0 radical (unpaired) electrons. The second kappa shape index (κ2) is 6.55. The number of hydrogen-bond acceptors (Lipinski definition) is 2. The van der Waals surface area contributed by atoms with Crippen molar-refractivity contribution in [3.63, 3.8) is 0 Å². The van der Waals surface area contributed by atoms with Gasteiger partial charge < -0.3 is 4.74 Å². The SMILES string of the molecule is CCOC(=O)/C(=C/c1ccccc1)c1ccccc1. The van der Waals surface area contributed by atoms with Crippen molar-refractivity contribution in [1.29, 1.82) is 0 Å². The molecule has 0 N–H and O–H groups in total. The molecule has 0 fully saturated rings. The van der Waals surface area contributed by atoms with Crippen LogP contribution in [0.2, 0.25) is 0 Å². The number of benzene rings is 2. The van der Waals surface area contributed by atoms with Crippen molar-refractivity contribution in [2.24, 2.45) is 0 Å². The van der Waals surface area contributed by atoms with E-state index in [0.717, 1.165) is 11.1 Å². The Labute approximate surface area is 113 Å². The molecule has 0 saturated carbocycles. The lowest BCUT2D eigenvalue weighted by atomic mass is 10.0. The molecule has 0 bridgehead atoms. The molecular weight excluding hydrogens is 236 g/mol. The maximum absolute atomic E-state index is 12.1. The van der Waals surface area contributed by atoms with E-state index in [4.69, 9.17) is 4.74 Å². The minimum Gasteiger partial charge on any atom is -0.462 e. The Morgan fingerprint density at radius 1 is 1.00 bits per heavy atom. The average Bonchev–Trinajstić information content (AvgIpc) is 2.47. The Hall–Kier alpha value is -2.35. The molecule has 0 spiro atoms. The van der Waals surface area contributed by atoms with Crippen LogP contribution in [-0.4, -0.2) is 12.6 Å². The van der Waals surface area contributed by atoms with Crippen molar-refractivity contribution in [2.75, 3.05) is 6.61 Å². The summed E-state index contributed by atoms with van der Waals surface area (Å²) in [5, 5.41) is 0. The summed E-state index contributed by atoms with van der Waals surface area (Å²) in [6.07, 6.45) is 1.85. The Morgan fingerprint density at radius 3 is 2.16 bits per heavy atom. The molecule has 0 heterocycles. The fourth-order valence-corrected chi connectivity index (χ4v) is 1.80. The number of ether oxygens (including phenoxy) is 1. The molecule has 0 unspecified atom stereocenters. The first-order valence-corrected chi connectivity index (χ1v) is 6.30. The number of rotatable bonds is 4. The molecule has 19 heavy (non-hydrogen) atoms. The monoisotopic (exact) mass is 252 g/mol. The Morgan fingerprint density at radius 2 is 1.58 bits per heavy atom. The minimum atomic E-state index is -0.294. The van der Waals surface area contributed by atoms with Crippen LogP contribution >= 0.6 is 0 Å². The lowest BCUT2D eigenvalue weighted by Crippen LogP contribution is -2.06. The van der Waals surface area contributed by atoms with Crippen LogP contribution in [0.5, 0.6) is 0 Å². The maximum Gasteiger partial charge on any atom is 0.338 e. The van der Waals surface area contributed by atoms with Gasteiger partial charge in [-0.05, 0) is 24.1 Å². The van der Waals surface area contributed by atoms with Gasteiger partial charge in [-0.2, -0.15) is 0 Å². The van der Waals surface area contributed by atoms with Crippen molar-refractivity contribution in [2.45, 2.75) is 6.92 Å². The minimum absolute atomic E-state index is 0.294. The smallest absolute Gasteiger partial charge is 0.338 e. The third kappa shape index (κ3) is 3.55. The van der Waals surface area contributed by atoms with E-state index >= 15 is 0 Å². The highest BCUT2D eigenvalue weighted by molar-refractivity contribution is 6.21. The molecular formula is C17H16O2. The average molecular weight is 252 g/mol. The van der Waals surface area contributed by atoms with Gasteiger partial charge in [-0.25, -0.2) is 4.79 Å². The Kier molecular flexibility index (Phi) is 4.51. The molecule has 2 rings (SSSR count). The van der Waals surface area contributed by atoms with Gasteiger partial charge in [0.2, 0.25) is 0 Å². The lowest BCUT2D eigenvalue weighted by Gasteiger charge is -2.07. The van der Waals surface area contributed by atoms with Crippen LogP contribution in [-0.2, 0) is 9.53 Å². The molecule has 2 heteroatoms. The molecule has 0 aliphatic carbocycles.